The summed E-state index contributed by atoms with van der Waals surface area (Å²) in [5.74, 6) is 0.0466. The molecule has 1 amide bonds. The van der Waals surface area contributed by atoms with Crippen LogP contribution < -0.4 is 10.6 Å². The van der Waals surface area contributed by atoms with E-state index in [0.717, 1.165) is 16.8 Å². The van der Waals surface area contributed by atoms with E-state index in [1.807, 2.05) is 38.1 Å². The monoisotopic (exact) mass is 352 g/mol. The van der Waals surface area contributed by atoms with Gasteiger partial charge in [-0.2, -0.15) is 0 Å². The molecule has 0 atom stereocenters. The number of rotatable bonds is 4. The summed E-state index contributed by atoms with van der Waals surface area (Å²) in [4.78, 5) is 20.9. The van der Waals surface area contributed by atoms with E-state index in [1.54, 1.807) is 30.5 Å². The average molecular weight is 353 g/mol. The maximum atomic E-state index is 12.5. The third-order valence-corrected chi connectivity index (χ3v) is 4.21. The third-order valence-electron chi connectivity index (χ3n) is 3.80. The Morgan fingerprint density at radius 1 is 1.00 bits per heavy atom. The van der Waals surface area contributed by atoms with E-state index in [-0.39, 0.29) is 11.6 Å². The van der Waals surface area contributed by atoms with E-state index in [2.05, 4.69) is 20.6 Å². The lowest BCUT2D eigenvalue weighted by Gasteiger charge is -2.10. The van der Waals surface area contributed by atoms with Crippen LogP contribution in [0.4, 0.5) is 17.3 Å². The van der Waals surface area contributed by atoms with Gasteiger partial charge in [0, 0.05) is 22.6 Å². The second-order valence-corrected chi connectivity index (χ2v) is 5.98. The zero-order valence-electron chi connectivity index (χ0n) is 13.9. The van der Waals surface area contributed by atoms with Crippen molar-refractivity contribution >= 4 is 34.8 Å². The SMILES string of the molecule is Cc1ccccc1Nc1nccc(C(=O)Nc2cccc(Cl)c2C)n1. The zero-order chi connectivity index (χ0) is 17.8. The van der Waals surface area contributed by atoms with Gasteiger partial charge in [0.15, 0.2) is 0 Å². The highest BCUT2D eigenvalue weighted by molar-refractivity contribution is 6.31. The Balaban J connectivity index is 1.80. The van der Waals surface area contributed by atoms with Crippen molar-refractivity contribution in [2.45, 2.75) is 13.8 Å². The predicted octanol–water partition coefficient (Wildman–Crippen LogP) is 4.74. The summed E-state index contributed by atoms with van der Waals surface area (Å²) in [7, 11) is 0. The Labute approximate surface area is 151 Å². The number of hydrogen-bond donors (Lipinski definition) is 2. The molecule has 0 unspecified atom stereocenters. The Bertz CT molecular complexity index is 927. The van der Waals surface area contributed by atoms with Gasteiger partial charge in [0.2, 0.25) is 5.95 Å². The molecule has 0 aliphatic rings. The topological polar surface area (TPSA) is 66.9 Å². The molecule has 0 aliphatic heterocycles. The average Bonchev–Trinajstić information content (AvgIpc) is 2.61. The van der Waals surface area contributed by atoms with Crippen LogP contribution in [0.2, 0.25) is 5.02 Å². The van der Waals surface area contributed by atoms with Crippen LogP contribution in [0.25, 0.3) is 0 Å². The molecule has 25 heavy (non-hydrogen) atoms. The molecule has 1 aromatic heterocycles. The molecule has 3 rings (SSSR count). The molecule has 2 N–H and O–H groups in total. The van der Waals surface area contributed by atoms with Crippen LogP contribution in [0, 0.1) is 13.8 Å². The van der Waals surface area contributed by atoms with Crippen molar-refractivity contribution in [3.05, 3.63) is 76.6 Å². The minimum absolute atomic E-state index is 0.269. The number of nitrogens with zero attached hydrogens (tertiary/aromatic N) is 2. The van der Waals surface area contributed by atoms with Crippen LogP contribution in [0.5, 0.6) is 0 Å². The number of benzene rings is 2. The number of anilines is 3. The Kier molecular flexibility index (Phi) is 4.95. The van der Waals surface area contributed by atoms with Gasteiger partial charge in [0.25, 0.3) is 5.91 Å². The second kappa shape index (κ2) is 7.32. The van der Waals surface area contributed by atoms with Gasteiger partial charge >= 0.3 is 0 Å². The molecule has 5 nitrogen and oxygen atoms in total. The Hall–Kier alpha value is -2.92. The fourth-order valence-corrected chi connectivity index (χ4v) is 2.48. The van der Waals surface area contributed by atoms with Crippen LogP contribution in [0.1, 0.15) is 21.6 Å². The van der Waals surface area contributed by atoms with Crippen LogP contribution in [-0.4, -0.2) is 15.9 Å². The first-order valence-corrected chi connectivity index (χ1v) is 8.14. The standard InChI is InChI=1S/C19H17ClN4O/c1-12-6-3-4-8-15(12)23-19-21-11-10-17(24-19)18(25)22-16-9-5-7-14(20)13(16)2/h3-11H,1-2H3,(H,22,25)(H,21,23,24). The highest BCUT2D eigenvalue weighted by atomic mass is 35.5. The van der Waals surface area contributed by atoms with Crippen LogP contribution in [0.3, 0.4) is 0 Å². The fraction of sp³-hybridized carbons (Fsp3) is 0.105. The molecule has 1 heterocycles. The molecule has 126 valence electrons. The van der Waals surface area contributed by atoms with Crippen LogP contribution in [-0.2, 0) is 0 Å². The minimum Gasteiger partial charge on any atom is -0.324 e. The summed E-state index contributed by atoms with van der Waals surface area (Å²) >= 11 is 6.09. The molecular formula is C19H17ClN4O. The highest BCUT2D eigenvalue weighted by Gasteiger charge is 2.12. The van der Waals surface area contributed by atoms with E-state index in [4.69, 9.17) is 11.6 Å². The molecular weight excluding hydrogens is 336 g/mol. The first kappa shape index (κ1) is 16.9. The number of aryl methyl sites for hydroxylation is 1. The van der Waals surface area contributed by atoms with Crippen molar-refractivity contribution in [3.8, 4) is 0 Å². The van der Waals surface area contributed by atoms with E-state index in [9.17, 15) is 4.79 Å². The minimum atomic E-state index is -0.319. The summed E-state index contributed by atoms with van der Waals surface area (Å²) in [6.45, 7) is 3.84. The van der Waals surface area contributed by atoms with Gasteiger partial charge in [-0.15, -0.1) is 0 Å². The van der Waals surface area contributed by atoms with Crippen molar-refractivity contribution in [2.24, 2.45) is 0 Å². The lowest BCUT2D eigenvalue weighted by atomic mass is 10.2. The highest BCUT2D eigenvalue weighted by Crippen LogP contribution is 2.23. The molecule has 0 aliphatic carbocycles. The molecule has 6 heteroatoms. The van der Waals surface area contributed by atoms with Crippen molar-refractivity contribution in [1.82, 2.24) is 9.97 Å². The summed E-state index contributed by atoms with van der Waals surface area (Å²) in [5.41, 5.74) is 3.70. The largest absolute Gasteiger partial charge is 0.324 e. The smallest absolute Gasteiger partial charge is 0.274 e. The normalized spacial score (nSPS) is 10.4. The van der Waals surface area contributed by atoms with Crippen molar-refractivity contribution in [1.29, 1.82) is 0 Å². The number of nitrogens with one attached hydrogen (secondary N) is 2. The summed E-state index contributed by atoms with van der Waals surface area (Å²) in [6, 6.07) is 14.7. The van der Waals surface area contributed by atoms with Crippen LogP contribution >= 0.6 is 11.6 Å². The molecule has 0 saturated heterocycles. The van der Waals surface area contributed by atoms with Gasteiger partial charge in [-0.1, -0.05) is 35.9 Å². The molecule has 0 fully saturated rings. The molecule has 0 saturated carbocycles. The van der Waals surface area contributed by atoms with Gasteiger partial charge in [0.05, 0.1) is 0 Å². The number of amides is 1. The Morgan fingerprint density at radius 2 is 1.76 bits per heavy atom. The first-order valence-electron chi connectivity index (χ1n) is 7.77. The number of hydrogen-bond acceptors (Lipinski definition) is 4. The lowest BCUT2D eigenvalue weighted by molar-refractivity contribution is 0.102. The number of carbonyl (C=O) groups is 1. The molecule has 2 aromatic carbocycles. The number of halogens is 1. The molecule has 0 spiro atoms. The van der Waals surface area contributed by atoms with Crippen molar-refractivity contribution < 1.29 is 4.79 Å². The third kappa shape index (κ3) is 3.95. The van der Waals surface area contributed by atoms with Crippen molar-refractivity contribution in [2.75, 3.05) is 10.6 Å². The maximum absolute atomic E-state index is 12.5. The maximum Gasteiger partial charge on any atom is 0.274 e. The van der Waals surface area contributed by atoms with Crippen LogP contribution in [0.15, 0.2) is 54.7 Å². The zero-order valence-corrected chi connectivity index (χ0v) is 14.6. The van der Waals surface area contributed by atoms with Gasteiger partial charge in [-0.3, -0.25) is 4.79 Å². The summed E-state index contributed by atoms with van der Waals surface area (Å²) in [6.07, 6.45) is 1.55. The van der Waals surface area contributed by atoms with Gasteiger partial charge in [-0.05, 0) is 49.2 Å². The predicted molar refractivity (Wildman–Crippen MR) is 101 cm³/mol. The second-order valence-electron chi connectivity index (χ2n) is 5.57. The fourth-order valence-electron chi connectivity index (χ4n) is 2.31. The van der Waals surface area contributed by atoms with Gasteiger partial charge in [0.1, 0.15) is 5.69 Å². The molecule has 3 aromatic rings. The number of aromatic nitrogens is 2. The van der Waals surface area contributed by atoms with E-state index < -0.39 is 0 Å². The number of para-hydroxylation sites is 1. The summed E-state index contributed by atoms with van der Waals surface area (Å²) in [5, 5.41) is 6.56. The number of carbonyl (C=O) groups excluding carboxylic acids is 1. The van der Waals surface area contributed by atoms with E-state index >= 15 is 0 Å². The quantitative estimate of drug-likeness (QED) is 0.711. The van der Waals surface area contributed by atoms with E-state index in [1.165, 1.54) is 0 Å². The molecule has 0 radical (unpaired) electrons. The van der Waals surface area contributed by atoms with E-state index in [0.29, 0.717) is 16.7 Å². The van der Waals surface area contributed by atoms with Gasteiger partial charge < -0.3 is 10.6 Å². The lowest BCUT2D eigenvalue weighted by Crippen LogP contribution is -2.15. The Morgan fingerprint density at radius 3 is 2.56 bits per heavy atom. The van der Waals surface area contributed by atoms with Crippen molar-refractivity contribution in [3.63, 3.8) is 0 Å². The summed E-state index contributed by atoms with van der Waals surface area (Å²) < 4.78 is 0. The first-order chi connectivity index (χ1) is 12.0. The van der Waals surface area contributed by atoms with Gasteiger partial charge in [-0.25, -0.2) is 9.97 Å². The molecule has 0 bridgehead atoms.